The van der Waals surface area contributed by atoms with Crippen molar-refractivity contribution < 1.29 is 4.79 Å². The summed E-state index contributed by atoms with van der Waals surface area (Å²) in [5, 5.41) is 3.17. The molecule has 1 aromatic rings. The normalized spacial score (nSPS) is 12.2. The van der Waals surface area contributed by atoms with Gasteiger partial charge in [0.1, 0.15) is 5.82 Å². The van der Waals surface area contributed by atoms with Gasteiger partial charge in [-0.2, -0.15) is 0 Å². The monoisotopic (exact) mass is 222 g/mol. The van der Waals surface area contributed by atoms with E-state index in [1.807, 2.05) is 13.8 Å². The lowest BCUT2D eigenvalue weighted by Crippen LogP contribution is -2.28. The molecule has 0 aliphatic rings. The van der Waals surface area contributed by atoms with E-state index in [2.05, 4.69) is 10.3 Å². The van der Waals surface area contributed by atoms with Crippen LogP contribution in [0.2, 0.25) is 0 Å². The smallest absolute Gasteiger partial charge is 0.248 e. The fourth-order valence-electron chi connectivity index (χ4n) is 1.42. The molecule has 1 heterocycles. The van der Waals surface area contributed by atoms with E-state index in [0.717, 1.165) is 12.1 Å². The van der Waals surface area contributed by atoms with Crippen molar-refractivity contribution in [1.82, 2.24) is 4.98 Å². The van der Waals surface area contributed by atoms with Gasteiger partial charge in [-0.1, -0.05) is 6.92 Å². The molecule has 0 spiro atoms. The van der Waals surface area contributed by atoms with Gasteiger partial charge < -0.3 is 16.8 Å². The van der Waals surface area contributed by atoms with E-state index in [1.165, 1.54) is 0 Å². The standard InChI is InChI=1S/C11H18N4O/c1-3-9(6-12)15-10-5-8(11(13)16)4-7(2)14-10/h4-5,9H,3,6,12H2,1-2H3,(H2,13,16)(H,14,15). The molecule has 0 bridgehead atoms. The van der Waals surface area contributed by atoms with Gasteiger partial charge in [0.2, 0.25) is 5.91 Å². The number of rotatable bonds is 5. The average molecular weight is 222 g/mol. The Balaban J connectivity index is 2.91. The summed E-state index contributed by atoms with van der Waals surface area (Å²) in [7, 11) is 0. The first-order valence-corrected chi connectivity index (χ1v) is 5.32. The molecule has 1 rings (SSSR count). The van der Waals surface area contributed by atoms with Crippen LogP contribution in [0.4, 0.5) is 5.82 Å². The van der Waals surface area contributed by atoms with Crippen LogP contribution in [0.5, 0.6) is 0 Å². The fraction of sp³-hybridized carbons (Fsp3) is 0.455. The second-order valence-electron chi connectivity index (χ2n) is 3.73. The van der Waals surface area contributed by atoms with Gasteiger partial charge in [-0.05, 0) is 25.5 Å². The molecular weight excluding hydrogens is 204 g/mol. The van der Waals surface area contributed by atoms with Crippen molar-refractivity contribution in [3.05, 3.63) is 23.4 Å². The molecule has 16 heavy (non-hydrogen) atoms. The number of anilines is 1. The number of primary amides is 1. The van der Waals surface area contributed by atoms with Crippen molar-refractivity contribution >= 4 is 11.7 Å². The number of nitrogens with two attached hydrogens (primary N) is 2. The lowest BCUT2D eigenvalue weighted by atomic mass is 10.2. The number of carbonyl (C=O) groups excluding carboxylic acids is 1. The molecule has 1 unspecified atom stereocenters. The summed E-state index contributed by atoms with van der Waals surface area (Å²) >= 11 is 0. The number of hydrogen-bond donors (Lipinski definition) is 3. The highest BCUT2D eigenvalue weighted by Crippen LogP contribution is 2.11. The highest BCUT2D eigenvalue weighted by atomic mass is 16.1. The molecule has 0 aliphatic heterocycles. The Morgan fingerprint density at radius 1 is 1.56 bits per heavy atom. The first-order chi connectivity index (χ1) is 7.56. The number of aryl methyl sites for hydroxylation is 1. The summed E-state index contributed by atoms with van der Waals surface area (Å²) in [4.78, 5) is 15.3. The first kappa shape index (κ1) is 12.4. The van der Waals surface area contributed by atoms with Crippen molar-refractivity contribution in [2.45, 2.75) is 26.3 Å². The molecule has 1 amide bonds. The molecule has 5 heteroatoms. The van der Waals surface area contributed by atoms with E-state index in [1.54, 1.807) is 12.1 Å². The van der Waals surface area contributed by atoms with Gasteiger partial charge >= 0.3 is 0 Å². The quantitative estimate of drug-likeness (QED) is 0.681. The van der Waals surface area contributed by atoms with Crippen LogP contribution in [0.15, 0.2) is 12.1 Å². The van der Waals surface area contributed by atoms with Crippen LogP contribution in [0.25, 0.3) is 0 Å². The van der Waals surface area contributed by atoms with Crippen molar-refractivity contribution in [2.24, 2.45) is 11.5 Å². The van der Waals surface area contributed by atoms with Crippen molar-refractivity contribution in [1.29, 1.82) is 0 Å². The van der Waals surface area contributed by atoms with Gasteiger partial charge in [-0.3, -0.25) is 4.79 Å². The van der Waals surface area contributed by atoms with Crippen molar-refractivity contribution in [2.75, 3.05) is 11.9 Å². The minimum absolute atomic E-state index is 0.162. The summed E-state index contributed by atoms with van der Waals surface area (Å²) in [6, 6.07) is 3.47. The third-order valence-electron chi connectivity index (χ3n) is 2.37. The molecule has 5 N–H and O–H groups in total. The zero-order valence-electron chi connectivity index (χ0n) is 9.66. The number of amides is 1. The third-order valence-corrected chi connectivity index (χ3v) is 2.37. The first-order valence-electron chi connectivity index (χ1n) is 5.32. The number of aromatic nitrogens is 1. The molecule has 0 aliphatic carbocycles. The largest absolute Gasteiger partial charge is 0.366 e. The van der Waals surface area contributed by atoms with E-state index in [0.29, 0.717) is 17.9 Å². The summed E-state index contributed by atoms with van der Waals surface area (Å²) in [6.07, 6.45) is 0.901. The van der Waals surface area contributed by atoms with E-state index in [4.69, 9.17) is 11.5 Å². The number of nitrogens with zero attached hydrogens (tertiary/aromatic N) is 1. The molecule has 0 aromatic carbocycles. The van der Waals surface area contributed by atoms with Gasteiger partial charge in [0.05, 0.1) is 0 Å². The second-order valence-corrected chi connectivity index (χ2v) is 3.73. The fourth-order valence-corrected chi connectivity index (χ4v) is 1.42. The highest BCUT2D eigenvalue weighted by molar-refractivity contribution is 5.93. The maximum atomic E-state index is 11.1. The minimum Gasteiger partial charge on any atom is -0.366 e. The number of carbonyl (C=O) groups is 1. The van der Waals surface area contributed by atoms with Crippen LogP contribution < -0.4 is 16.8 Å². The van der Waals surface area contributed by atoms with E-state index in [9.17, 15) is 4.79 Å². The summed E-state index contributed by atoms with van der Waals surface area (Å²) in [5.41, 5.74) is 12.0. The Hall–Kier alpha value is -1.62. The third kappa shape index (κ3) is 3.20. The second kappa shape index (κ2) is 5.46. The van der Waals surface area contributed by atoms with Crippen LogP contribution in [-0.2, 0) is 0 Å². The number of pyridine rings is 1. The minimum atomic E-state index is -0.450. The van der Waals surface area contributed by atoms with Gasteiger partial charge in [-0.25, -0.2) is 4.98 Å². The molecule has 0 radical (unpaired) electrons. The Morgan fingerprint density at radius 2 is 2.25 bits per heavy atom. The molecule has 5 nitrogen and oxygen atoms in total. The van der Waals surface area contributed by atoms with E-state index < -0.39 is 5.91 Å². The summed E-state index contributed by atoms with van der Waals surface area (Å²) in [6.45, 7) is 4.38. The molecule has 0 saturated carbocycles. The topological polar surface area (TPSA) is 94.0 Å². The van der Waals surface area contributed by atoms with Crippen LogP contribution >= 0.6 is 0 Å². The molecule has 0 saturated heterocycles. The van der Waals surface area contributed by atoms with Gasteiger partial charge in [0.25, 0.3) is 0 Å². The molecule has 1 aromatic heterocycles. The zero-order valence-corrected chi connectivity index (χ0v) is 9.66. The number of nitrogens with one attached hydrogen (secondary N) is 1. The Bertz CT molecular complexity index is 374. The maximum absolute atomic E-state index is 11.1. The van der Waals surface area contributed by atoms with Crippen molar-refractivity contribution in [3.8, 4) is 0 Å². The molecule has 0 fully saturated rings. The van der Waals surface area contributed by atoms with Gasteiger partial charge in [-0.15, -0.1) is 0 Å². The lowest BCUT2D eigenvalue weighted by molar-refractivity contribution is 0.1000. The molecule has 1 atom stereocenters. The van der Waals surface area contributed by atoms with Crippen LogP contribution in [0, 0.1) is 6.92 Å². The van der Waals surface area contributed by atoms with Gasteiger partial charge in [0, 0.05) is 23.8 Å². The van der Waals surface area contributed by atoms with Crippen LogP contribution in [0.3, 0.4) is 0 Å². The predicted octanol–water partition coefficient (Wildman–Crippen LogP) is 0.638. The SMILES string of the molecule is CCC(CN)Nc1cc(C(N)=O)cc(C)n1. The zero-order chi connectivity index (χ0) is 12.1. The van der Waals surface area contributed by atoms with Crippen LogP contribution in [-0.4, -0.2) is 23.5 Å². The average Bonchev–Trinajstić information content (AvgIpc) is 2.25. The summed E-state index contributed by atoms with van der Waals surface area (Å²) < 4.78 is 0. The Labute approximate surface area is 95.2 Å². The van der Waals surface area contributed by atoms with Crippen LogP contribution in [0.1, 0.15) is 29.4 Å². The van der Waals surface area contributed by atoms with E-state index >= 15 is 0 Å². The number of hydrogen-bond acceptors (Lipinski definition) is 4. The maximum Gasteiger partial charge on any atom is 0.248 e. The Morgan fingerprint density at radius 3 is 2.75 bits per heavy atom. The predicted molar refractivity (Wildman–Crippen MR) is 64.2 cm³/mol. The highest BCUT2D eigenvalue weighted by Gasteiger charge is 2.08. The summed E-state index contributed by atoms with van der Waals surface area (Å²) in [5.74, 6) is 0.195. The van der Waals surface area contributed by atoms with Gasteiger partial charge in [0.15, 0.2) is 0 Å². The Kier molecular flexibility index (Phi) is 4.25. The van der Waals surface area contributed by atoms with E-state index in [-0.39, 0.29) is 6.04 Å². The lowest BCUT2D eigenvalue weighted by Gasteiger charge is -2.16. The molecular formula is C11H18N4O. The molecule has 88 valence electrons. The van der Waals surface area contributed by atoms with Crippen molar-refractivity contribution in [3.63, 3.8) is 0 Å².